The summed E-state index contributed by atoms with van der Waals surface area (Å²) in [5.74, 6) is 0. The van der Waals surface area contributed by atoms with Gasteiger partial charge in [0.2, 0.25) is 0 Å². The van der Waals surface area contributed by atoms with Gasteiger partial charge in [-0.25, -0.2) is 11.1 Å². The van der Waals surface area contributed by atoms with Crippen LogP contribution in [0.25, 0.3) is 11.1 Å². The van der Waals surface area contributed by atoms with Gasteiger partial charge in [-0.2, -0.15) is 42.5 Å². The van der Waals surface area contributed by atoms with Gasteiger partial charge in [-0.05, 0) is 0 Å². The van der Waals surface area contributed by atoms with Crippen LogP contribution in [-0.2, 0) is 1340 Å². The zero-order chi connectivity index (χ0) is 9.10. The summed E-state index contributed by atoms with van der Waals surface area (Å²) in [5, 5.41) is 0. The molecule has 2 aromatic rings. The van der Waals surface area contributed by atoms with Gasteiger partial charge in [0.15, 0.2) is 0 Å². The quantitative estimate of drug-likeness (QED) is 0.386. The second-order valence-corrected chi connectivity index (χ2v) is 3.06. The Balaban J connectivity index is -0.00000000126. The van der Waals surface area contributed by atoms with Gasteiger partial charge < -0.3 is 0 Å². The molecule has 0 amide bonds. The molecule has 0 saturated carbocycles. The van der Waals surface area contributed by atoms with Gasteiger partial charge >= 0.3 is 0 Å². The van der Waals surface area contributed by atoms with Gasteiger partial charge in [-0.15, -0.1) is 17.7 Å². The summed E-state index contributed by atoms with van der Waals surface area (Å²) in [4.78, 5) is 0. The average Bonchev–Trinajstić information content (AvgIpc) is 2.19. The fourth-order valence-corrected chi connectivity index (χ4v) is 1.30. The number of hydrogen-bond acceptors (Lipinski definition) is 0. The van der Waals surface area contributed by atoms with E-state index < -0.39 is 0 Å². The van der Waals surface area contributed by atoms with Crippen LogP contribution in [0.3, 0.4) is 0 Å². The molecule has 2 rings (SSSR count). The zero-order valence-corrected chi connectivity index (χ0v) is 148. The van der Waals surface area contributed by atoms with Crippen molar-refractivity contribution in [2.75, 3.05) is 0 Å². The Morgan fingerprint density at radius 2 is 0.444 bits per heavy atom. The molecule has 0 unspecified atom stereocenters. The monoisotopic (exact) mass is 3810 g/mol. The van der Waals surface area contributed by atoms with Gasteiger partial charge in [0.1, 0.15) is 0 Å². The number of benzene rings is 2. The van der Waals surface area contributed by atoms with E-state index in [1.54, 1.807) is 0 Å². The number of hydrogen-bond donors (Lipinski definition) is 0. The van der Waals surface area contributed by atoms with Gasteiger partial charge in [0.05, 0.1) is 0 Å². The van der Waals surface area contributed by atoms with Crippen LogP contribution in [0.5, 0.6) is 0 Å². The normalized spacial score (nSPS) is 2.39. The molecule has 2 aromatic carbocycles. The zero-order valence-electron chi connectivity index (χ0n) is 31.2. The Kier molecular flexibility index (Phi) is 1180. The molecule has 0 heterocycles. The van der Waals surface area contributed by atoms with Crippen LogP contribution in [0.4, 0.5) is 0 Å². The van der Waals surface area contributed by atoms with Crippen LogP contribution in [-0.4, -0.2) is 0 Å². The van der Waals surface area contributed by atoms with Crippen molar-refractivity contribution < 1.29 is 1340 Å². The molecule has 0 fully saturated rings. The van der Waals surface area contributed by atoms with Crippen molar-refractivity contribution >= 4 is 0 Å². The smallest absolute Gasteiger partial charge is 0 e. The number of rotatable bonds is 1. The average molecular weight is 3810 g/mol. The largest absolute Gasteiger partial charge is 0.226 e. The standard InChI is InChI=1S/C13H10.41Y/c1-11-6-5-9-13(10-11)12-7-3-2-4-8-12;;;;;;;;;;;;;;;;;;;;;;;;;;;;;;;;;;;;;;;;;/h2-7,10H,1H3;;;;;;;;;;;;;;;;;;;;;;;;;;;;;;;;;;;;;;;;;/q-2;;;;;;;;;;;;;;;;;;;;;;;;;;;;;;;;;;;;;;;;;. The first-order chi connectivity index (χ1) is 6.36. The maximum Gasteiger partial charge on any atom is 0 e. The predicted molar refractivity (Wildman–Crippen MR) is 54.3 cm³/mol. The third-order valence-electron chi connectivity index (χ3n) is 1.96. The van der Waals surface area contributed by atoms with Crippen molar-refractivity contribution in [1.82, 2.24) is 0 Å². The van der Waals surface area contributed by atoms with Crippen molar-refractivity contribution in [2.24, 2.45) is 0 Å². The summed E-state index contributed by atoms with van der Waals surface area (Å²) >= 11 is 0. The summed E-state index contributed by atoms with van der Waals surface area (Å²) in [5.41, 5.74) is 3.47. The fraction of sp³-hybridized carbons (Fsp3) is 0.0769. The second-order valence-electron chi connectivity index (χ2n) is 3.06. The number of aryl methyl sites for hydroxylation is 1. The van der Waals surface area contributed by atoms with Crippen molar-refractivity contribution in [1.29, 1.82) is 0 Å². The summed E-state index contributed by atoms with van der Waals surface area (Å²) in [6.45, 7) is 2.08. The molecular weight excluding hydrogens is 3800 g/mol. The molecule has 187 valence electrons. The maximum absolute atomic E-state index is 3.19. The Labute approximate surface area is 1370 Å². The van der Waals surface area contributed by atoms with E-state index in [0.29, 0.717) is 0 Å². The van der Waals surface area contributed by atoms with E-state index in [9.17, 15) is 0 Å². The van der Waals surface area contributed by atoms with E-state index in [-0.39, 0.29) is 1340 Å². The Morgan fingerprint density at radius 1 is 0.241 bits per heavy atom. The molecule has 0 saturated heterocycles. The first-order valence-electron chi connectivity index (χ1n) is 4.32. The molecule has 54 heavy (non-hydrogen) atoms. The van der Waals surface area contributed by atoms with Gasteiger partial charge in [-0.3, -0.25) is 0 Å². The molecule has 41 radical (unpaired) electrons. The second kappa shape index (κ2) is 233. The Bertz CT molecular complexity index is 431. The van der Waals surface area contributed by atoms with Crippen molar-refractivity contribution in [3.8, 4) is 11.1 Å². The molecule has 0 N–H and O–H groups in total. The van der Waals surface area contributed by atoms with Crippen LogP contribution in [0, 0.1) is 19.1 Å². The fourth-order valence-electron chi connectivity index (χ4n) is 1.30. The minimum atomic E-state index is 0. The third kappa shape index (κ3) is 199. The van der Waals surface area contributed by atoms with Crippen LogP contribution in [0.2, 0.25) is 0 Å². The van der Waals surface area contributed by atoms with Gasteiger partial charge in [0, 0.05) is 1340 Å². The van der Waals surface area contributed by atoms with Crippen molar-refractivity contribution in [3.63, 3.8) is 0 Å². The summed E-state index contributed by atoms with van der Waals surface area (Å²) in [7, 11) is 0. The van der Waals surface area contributed by atoms with Crippen LogP contribution < -0.4 is 0 Å². The molecule has 0 aliphatic carbocycles. The van der Waals surface area contributed by atoms with E-state index in [1.807, 2.05) is 36.4 Å². The molecule has 0 nitrogen and oxygen atoms in total. The molecule has 0 aromatic heterocycles. The van der Waals surface area contributed by atoms with Crippen LogP contribution in [0.1, 0.15) is 5.56 Å². The SMILES string of the molecule is Cc1cc[c-]c(-c2[c-]cccc2)c1.[Y].[Y].[Y].[Y].[Y].[Y].[Y].[Y].[Y].[Y].[Y].[Y].[Y].[Y].[Y].[Y].[Y].[Y].[Y].[Y].[Y].[Y].[Y].[Y].[Y].[Y].[Y].[Y].[Y].[Y].[Y].[Y].[Y].[Y].[Y].[Y].[Y].[Y].[Y].[Y].[Y]. The van der Waals surface area contributed by atoms with Crippen LogP contribution in [0.15, 0.2) is 42.5 Å². The Hall–Kier alpha value is 43.7. The van der Waals surface area contributed by atoms with E-state index >= 15 is 0 Å². The molecule has 0 spiro atoms. The summed E-state index contributed by atoms with van der Waals surface area (Å²) in [6.07, 6.45) is 0. The molecule has 0 bridgehead atoms. The van der Waals surface area contributed by atoms with Gasteiger partial charge in [0.25, 0.3) is 0 Å². The predicted octanol–water partition coefficient (Wildman–Crippen LogP) is 3.16. The summed E-state index contributed by atoms with van der Waals surface area (Å²) < 4.78 is 0. The first kappa shape index (κ1) is 274. The first-order valence-corrected chi connectivity index (χ1v) is 4.32. The van der Waals surface area contributed by atoms with E-state index in [1.165, 1.54) is 5.56 Å². The molecular formula is C13H10Y41-2. The van der Waals surface area contributed by atoms with E-state index in [2.05, 4.69) is 25.1 Å². The van der Waals surface area contributed by atoms with Crippen LogP contribution >= 0.6 is 0 Å². The van der Waals surface area contributed by atoms with Gasteiger partial charge in [-0.1, -0.05) is 6.92 Å². The topological polar surface area (TPSA) is 0 Å². The minimum absolute atomic E-state index is 0. The molecule has 0 atom stereocenters. The summed E-state index contributed by atoms with van der Waals surface area (Å²) in [6, 6.07) is 20.4. The van der Waals surface area contributed by atoms with Crippen molar-refractivity contribution in [3.05, 3.63) is 60.2 Å². The molecule has 41 heteroatoms. The minimum Gasteiger partial charge on any atom is -0.226 e. The van der Waals surface area contributed by atoms with E-state index in [0.717, 1.165) is 11.1 Å². The third-order valence-corrected chi connectivity index (χ3v) is 1.96. The van der Waals surface area contributed by atoms with Crippen molar-refractivity contribution in [2.45, 2.75) is 6.92 Å². The Morgan fingerprint density at radius 3 is 0.611 bits per heavy atom. The molecule has 0 aliphatic rings. The maximum atomic E-state index is 3.19. The molecule has 0 aliphatic heterocycles. The van der Waals surface area contributed by atoms with E-state index in [4.69, 9.17) is 0 Å².